The molecule has 1 atom stereocenters. The van der Waals surface area contributed by atoms with Crippen LogP contribution in [0.25, 0.3) is 0 Å². The molecule has 0 N–H and O–H groups in total. The number of ether oxygens (including phenoxy) is 1. The molecule has 1 rings (SSSR count). The summed E-state index contributed by atoms with van der Waals surface area (Å²) in [7, 11) is 1.53. The van der Waals surface area contributed by atoms with Crippen molar-refractivity contribution in [3.05, 3.63) is 27.7 Å². The largest absolute Gasteiger partial charge is 0.494 e. The van der Waals surface area contributed by atoms with E-state index in [9.17, 15) is 0 Å². The molecule has 86 valence electrons. The Morgan fingerprint density at radius 1 is 1.38 bits per heavy atom. The summed E-state index contributed by atoms with van der Waals surface area (Å²) >= 11 is 12.1. The first-order chi connectivity index (χ1) is 7.60. The highest BCUT2D eigenvalue weighted by Gasteiger charge is 2.12. The van der Waals surface area contributed by atoms with Crippen molar-refractivity contribution in [2.24, 2.45) is 0 Å². The van der Waals surface area contributed by atoms with Crippen LogP contribution in [0.1, 0.15) is 31.2 Å². The lowest BCUT2D eigenvalue weighted by Gasteiger charge is -2.13. The number of halogens is 2. The van der Waals surface area contributed by atoms with Gasteiger partial charge in [0, 0.05) is 6.42 Å². The van der Waals surface area contributed by atoms with Crippen LogP contribution in [0.2, 0.25) is 10.0 Å². The Morgan fingerprint density at radius 2 is 1.94 bits per heavy atom. The van der Waals surface area contributed by atoms with E-state index in [4.69, 9.17) is 33.2 Å². The van der Waals surface area contributed by atoms with E-state index in [1.165, 1.54) is 7.11 Å². The van der Waals surface area contributed by atoms with Crippen molar-refractivity contribution in [1.29, 1.82) is 5.26 Å². The second kappa shape index (κ2) is 5.98. The predicted octanol–water partition coefficient (Wildman–Crippen LogP) is 4.41. The summed E-state index contributed by atoms with van der Waals surface area (Å²) in [6.45, 7) is 2.05. The minimum Gasteiger partial charge on any atom is -0.494 e. The van der Waals surface area contributed by atoms with Crippen LogP contribution in [0.4, 0.5) is 0 Å². The van der Waals surface area contributed by atoms with E-state index in [2.05, 4.69) is 6.07 Å². The summed E-state index contributed by atoms with van der Waals surface area (Å²) in [6, 6.07) is 5.81. The number of rotatable bonds is 4. The molecule has 0 radical (unpaired) electrons. The van der Waals surface area contributed by atoms with Crippen molar-refractivity contribution in [2.75, 3.05) is 7.11 Å². The minimum atomic E-state index is 0.264. The van der Waals surface area contributed by atoms with E-state index in [0.717, 1.165) is 12.0 Å². The van der Waals surface area contributed by atoms with Crippen molar-refractivity contribution >= 4 is 23.2 Å². The van der Waals surface area contributed by atoms with Crippen LogP contribution >= 0.6 is 23.2 Å². The molecular weight excluding hydrogens is 245 g/mol. The van der Waals surface area contributed by atoms with E-state index < -0.39 is 0 Å². The van der Waals surface area contributed by atoms with E-state index in [0.29, 0.717) is 22.2 Å². The molecular formula is C12H13Cl2NO. The molecule has 16 heavy (non-hydrogen) atoms. The predicted molar refractivity (Wildman–Crippen MR) is 66.3 cm³/mol. The zero-order chi connectivity index (χ0) is 12.1. The number of methoxy groups -OCH3 is 1. The number of hydrogen-bond donors (Lipinski definition) is 0. The maximum absolute atomic E-state index is 8.53. The van der Waals surface area contributed by atoms with Crippen LogP contribution in [0.5, 0.6) is 5.75 Å². The van der Waals surface area contributed by atoms with E-state index in [1.54, 1.807) is 0 Å². The van der Waals surface area contributed by atoms with Gasteiger partial charge in [-0.3, -0.25) is 0 Å². The Kier molecular flexibility index (Phi) is 4.92. The minimum absolute atomic E-state index is 0.264. The lowest BCUT2D eigenvalue weighted by Crippen LogP contribution is -1.95. The zero-order valence-electron chi connectivity index (χ0n) is 9.26. The van der Waals surface area contributed by atoms with Crippen molar-refractivity contribution in [2.45, 2.75) is 25.7 Å². The standard InChI is InChI=1S/C12H13Cl2NO/c1-8(4-3-5-15)9-6-10(13)12(16-2)11(14)7-9/h6-8H,3-4H2,1-2H3. The summed E-state index contributed by atoms with van der Waals surface area (Å²) in [6.07, 6.45) is 1.33. The normalized spacial score (nSPS) is 11.9. The third-order valence-electron chi connectivity index (χ3n) is 2.48. The van der Waals surface area contributed by atoms with Crippen molar-refractivity contribution < 1.29 is 4.74 Å². The Balaban J connectivity index is 2.95. The van der Waals surface area contributed by atoms with Crippen LogP contribution in [0, 0.1) is 11.3 Å². The molecule has 0 heterocycles. The Morgan fingerprint density at radius 3 is 2.38 bits per heavy atom. The average Bonchev–Trinajstić information content (AvgIpc) is 2.25. The van der Waals surface area contributed by atoms with E-state index >= 15 is 0 Å². The van der Waals surface area contributed by atoms with Crippen LogP contribution < -0.4 is 4.74 Å². The van der Waals surface area contributed by atoms with Gasteiger partial charge in [-0.2, -0.15) is 5.26 Å². The Hall–Kier alpha value is -0.910. The molecule has 0 bridgehead atoms. The van der Waals surface area contributed by atoms with Gasteiger partial charge in [-0.1, -0.05) is 30.1 Å². The van der Waals surface area contributed by atoms with E-state index in [-0.39, 0.29) is 5.92 Å². The van der Waals surface area contributed by atoms with Crippen molar-refractivity contribution in [1.82, 2.24) is 0 Å². The summed E-state index contributed by atoms with van der Waals surface area (Å²) in [5.41, 5.74) is 1.03. The molecule has 0 saturated heterocycles. The summed E-state index contributed by atoms with van der Waals surface area (Å²) in [5, 5.41) is 9.55. The van der Waals surface area contributed by atoms with E-state index in [1.807, 2.05) is 19.1 Å². The number of benzene rings is 1. The van der Waals surface area contributed by atoms with Gasteiger partial charge in [0.25, 0.3) is 0 Å². The van der Waals surface area contributed by atoms with Gasteiger partial charge in [0.15, 0.2) is 5.75 Å². The van der Waals surface area contributed by atoms with Gasteiger partial charge in [0.05, 0.1) is 23.2 Å². The molecule has 1 aromatic rings. The Labute approximate surface area is 106 Å². The second-order valence-electron chi connectivity index (χ2n) is 3.62. The van der Waals surface area contributed by atoms with Crippen molar-refractivity contribution in [3.8, 4) is 11.8 Å². The smallest absolute Gasteiger partial charge is 0.156 e. The second-order valence-corrected chi connectivity index (χ2v) is 4.43. The lowest BCUT2D eigenvalue weighted by molar-refractivity contribution is 0.415. The molecule has 2 nitrogen and oxygen atoms in total. The third-order valence-corrected chi connectivity index (χ3v) is 3.04. The molecule has 1 aromatic carbocycles. The van der Waals surface area contributed by atoms with Crippen LogP contribution in [0.3, 0.4) is 0 Å². The SMILES string of the molecule is COc1c(Cl)cc(C(C)CCC#N)cc1Cl. The van der Waals surface area contributed by atoms with Crippen LogP contribution in [-0.4, -0.2) is 7.11 Å². The fourth-order valence-electron chi connectivity index (χ4n) is 1.51. The quantitative estimate of drug-likeness (QED) is 0.801. The maximum atomic E-state index is 8.53. The van der Waals surface area contributed by atoms with Gasteiger partial charge in [-0.05, 0) is 30.0 Å². The molecule has 0 saturated carbocycles. The zero-order valence-corrected chi connectivity index (χ0v) is 10.8. The first-order valence-electron chi connectivity index (χ1n) is 5.00. The molecule has 0 fully saturated rings. The topological polar surface area (TPSA) is 33.0 Å². The highest BCUT2D eigenvalue weighted by Crippen LogP contribution is 2.36. The molecule has 0 spiro atoms. The molecule has 0 aliphatic carbocycles. The average molecular weight is 258 g/mol. The van der Waals surface area contributed by atoms with Gasteiger partial charge in [-0.15, -0.1) is 0 Å². The molecule has 1 unspecified atom stereocenters. The summed E-state index contributed by atoms with van der Waals surface area (Å²) in [4.78, 5) is 0. The first-order valence-corrected chi connectivity index (χ1v) is 5.75. The first kappa shape index (κ1) is 13.2. The fourth-order valence-corrected chi connectivity index (χ4v) is 2.16. The maximum Gasteiger partial charge on any atom is 0.156 e. The summed E-state index contributed by atoms with van der Waals surface area (Å²) < 4.78 is 5.08. The fraction of sp³-hybridized carbons (Fsp3) is 0.417. The van der Waals surface area contributed by atoms with Gasteiger partial charge >= 0.3 is 0 Å². The molecule has 0 aliphatic heterocycles. The molecule has 0 amide bonds. The Bertz CT molecular complexity index is 389. The molecule has 0 aromatic heterocycles. The number of nitrogens with zero attached hydrogens (tertiary/aromatic N) is 1. The molecule has 0 aliphatic rings. The van der Waals surface area contributed by atoms with Gasteiger partial charge in [0.1, 0.15) is 0 Å². The van der Waals surface area contributed by atoms with Gasteiger partial charge in [0.2, 0.25) is 0 Å². The highest BCUT2D eigenvalue weighted by atomic mass is 35.5. The van der Waals surface area contributed by atoms with Crippen LogP contribution in [0.15, 0.2) is 12.1 Å². The van der Waals surface area contributed by atoms with Gasteiger partial charge in [-0.25, -0.2) is 0 Å². The number of hydrogen-bond acceptors (Lipinski definition) is 2. The monoisotopic (exact) mass is 257 g/mol. The lowest BCUT2D eigenvalue weighted by atomic mass is 9.96. The number of nitriles is 1. The summed E-state index contributed by atoms with van der Waals surface area (Å²) in [5.74, 6) is 0.764. The molecule has 4 heteroatoms. The van der Waals surface area contributed by atoms with Crippen molar-refractivity contribution in [3.63, 3.8) is 0 Å². The third kappa shape index (κ3) is 3.04. The highest BCUT2D eigenvalue weighted by molar-refractivity contribution is 6.37. The van der Waals surface area contributed by atoms with Crippen LogP contribution in [-0.2, 0) is 0 Å². The van der Waals surface area contributed by atoms with Gasteiger partial charge < -0.3 is 4.74 Å².